The molecule has 4 aromatic rings. The van der Waals surface area contributed by atoms with Crippen LogP contribution in [-0.4, -0.2) is 25.7 Å². The molecule has 1 atom stereocenters. The van der Waals surface area contributed by atoms with Gasteiger partial charge in [0.05, 0.1) is 6.17 Å². The molecule has 34 heavy (non-hydrogen) atoms. The van der Waals surface area contributed by atoms with Crippen LogP contribution in [0.5, 0.6) is 0 Å². The summed E-state index contributed by atoms with van der Waals surface area (Å²) in [5.74, 6) is 0.738. The van der Waals surface area contributed by atoms with E-state index in [1.165, 1.54) is 4.57 Å². The van der Waals surface area contributed by atoms with Crippen LogP contribution >= 0.6 is 0 Å². The maximum atomic E-state index is 13.6. The van der Waals surface area contributed by atoms with Gasteiger partial charge in [0.1, 0.15) is 5.82 Å². The molecule has 0 bridgehead atoms. The molecule has 0 amide bonds. The fourth-order valence-corrected chi connectivity index (χ4v) is 4.37. The van der Waals surface area contributed by atoms with E-state index in [-0.39, 0.29) is 17.4 Å². The number of nitrogens with one attached hydrogen (secondary N) is 1. The summed E-state index contributed by atoms with van der Waals surface area (Å²) < 4.78 is 4.90. The van der Waals surface area contributed by atoms with Gasteiger partial charge in [-0.1, -0.05) is 55.5 Å². The van der Waals surface area contributed by atoms with Crippen molar-refractivity contribution >= 4 is 16.9 Å². The van der Waals surface area contributed by atoms with Gasteiger partial charge < -0.3 is 15.6 Å². The number of rotatable bonds is 9. The third-order valence-electron chi connectivity index (χ3n) is 6.25. The van der Waals surface area contributed by atoms with Crippen molar-refractivity contribution in [2.45, 2.75) is 52.4 Å². The quantitative estimate of drug-likeness (QED) is 0.374. The van der Waals surface area contributed by atoms with Crippen LogP contribution in [0.15, 0.2) is 64.2 Å². The zero-order valence-electron chi connectivity index (χ0n) is 20.0. The standard InChI is InChI=1S/C26H32N6O2/c1-4-15-31-25(33)23-24(30(26(31)34)16-14-20-12-8-9-13-21(20)27)29-22(32(23)18(2)28-3)17-19-10-6-5-7-11-19/h5-13,18,28H,4,14-17,27H2,1-3H3. The molecule has 3 N–H and O–H groups in total. The van der Waals surface area contributed by atoms with E-state index in [0.29, 0.717) is 49.2 Å². The van der Waals surface area contributed by atoms with Gasteiger partial charge in [0.2, 0.25) is 0 Å². The number of aromatic nitrogens is 4. The Morgan fingerprint density at radius 3 is 2.38 bits per heavy atom. The Labute approximate surface area is 198 Å². The average Bonchev–Trinajstić information content (AvgIpc) is 3.21. The topological polar surface area (TPSA) is 99.9 Å². The zero-order chi connectivity index (χ0) is 24.2. The molecule has 0 fully saturated rings. The molecule has 1 unspecified atom stereocenters. The van der Waals surface area contributed by atoms with E-state index in [4.69, 9.17) is 10.7 Å². The van der Waals surface area contributed by atoms with Crippen LogP contribution in [0, 0.1) is 0 Å². The van der Waals surface area contributed by atoms with E-state index in [9.17, 15) is 9.59 Å². The molecular weight excluding hydrogens is 428 g/mol. The summed E-state index contributed by atoms with van der Waals surface area (Å²) in [4.78, 5) is 31.9. The molecule has 2 aromatic carbocycles. The van der Waals surface area contributed by atoms with Crippen LogP contribution < -0.4 is 22.3 Å². The molecule has 2 heterocycles. The molecule has 178 valence electrons. The fourth-order valence-electron chi connectivity index (χ4n) is 4.37. The van der Waals surface area contributed by atoms with Crippen molar-refractivity contribution in [2.75, 3.05) is 12.8 Å². The predicted molar refractivity (Wildman–Crippen MR) is 136 cm³/mol. The Morgan fingerprint density at radius 2 is 1.71 bits per heavy atom. The Bertz CT molecular complexity index is 1400. The minimum Gasteiger partial charge on any atom is -0.399 e. The van der Waals surface area contributed by atoms with Gasteiger partial charge in [0.15, 0.2) is 11.2 Å². The van der Waals surface area contributed by atoms with Gasteiger partial charge in [-0.3, -0.25) is 13.9 Å². The van der Waals surface area contributed by atoms with Crippen LogP contribution in [0.2, 0.25) is 0 Å². The second kappa shape index (κ2) is 10.1. The van der Waals surface area contributed by atoms with Gasteiger partial charge in [-0.25, -0.2) is 9.78 Å². The third kappa shape index (κ3) is 4.41. The van der Waals surface area contributed by atoms with E-state index < -0.39 is 0 Å². The largest absolute Gasteiger partial charge is 0.399 e. The lowest BCUT2D eigenvalue weighted by molar-refractivity contribution is 0.471. The molecule has 0 aliphatic carbocycles. The third-order valence-corrected chi connectivity index (χ3v) is 6.25. The molecule has 4 rings (SSSR count). The van der Waals surface area contributed by atoms with E-state index in [1.807, 2.05) is 80.1 Å². The van der Waals surface area contributed by atoms with Gasteiger partial charge in [0, 0.05) is 25.2 Å². The Balaban J connectivity index is 1.93. The van der Waals surface area contributed by atoms with Crippen LogP contribution in [0.3, 0.4) is 0 Å². The normalized spacial score (nSPS) is 12.3. The highest BCUT2D eigenvalue weighted by atomic mass is 16.2. The average molecular weight is 461 g/mol. The first-order valence-corrected chi connectivity index (χ1v) is 11.7. The number of nitrogens with two attached hydrogens (primary N) is 1. The van der Waals surface area contributed by atoms with E-state index in [0.717, 1.165) is 17.0 Å². The van der Waals surface area contributed by atoms with Gasteiger partial charge in [-0.15, -0.1) is 0 Å². The molecule has 0 saturated carbocycles. The van der Waals surface area contributed by atoms with E-state index >= 15 is 0 Å². The highest BCUT2D eigenvalue weighted by molar-refractivity contribution is 5.71. The smallest absolute Gasteiger partial charge is 0.332 e. The van der Waals surface area contributed by atoms with Gasteiger partial charge in [-0.2, -0.15) is 0 Å². The van der Waals surface area contributed by atoms with Gasteiger partial charge in [0.25, 0.3) is 5.56 Å². The number of anilines is 1. The lowest BCUT2D eigenvalue weighted by Crippen LogP contribution is -2.41. The summed E-state index contributed by atoms with van der Waals surface area (Å²) in [5.41, 5.74) is 9.11. The predicted octanol–water partition coefficient (Wildman–Crippen LogP) is 2.92. The summed E-state index contributed by atoms with van der Waals surface area (Å²) in [6.45, 7) is 4.68. The van der Waals surface area contributed by atoms with Crippen LogP contribution in [-0.2, 0) is 25.9 Å². The molecule has 0 radical (unpaired) electrons. The summed E-state index contributed by atoms with van der Waals surface area (Å²) in [6.07, 6.45) is 1.62. The number of hydrogen-bond acceptors (Lipinski definition) is 5. The number of fused-ring (bicyclic) bond motifs is 1. The minimum atomic E-state index is -0.332. The van der Waals surface area contributed by atoms with Crippen molar-refractivity contribution in [3.8, 4) is 0 Å². The monoisotopic (exact) mass is 460 g/mol. The van der Waals surface area contributed by atoms with Crippen LogP contribution in [0.1, 0.15) is 43.4 Å². The second-order valence-electron chi connectivity index (χ2n) is 8.54. The number of benzene rings is 2. The summed E-state index contributed by atoms with van der Waals surface area (Å²) in [7, 11) is 1.85. The molecule has 0 spiro atoms. The number of hydrogen-bond donors (Lipinski definition) is 2. The number of nitrogen functional groups attached to an aromatic ring is 1. The minimum absolute atomic E-state index is 0.179. The van der Waals surface area contributed by atoms with E-state index in [1.54, 1.807) is 4.57 Å². The van der Waals surface area contributed by atoms with Crippen molar-refractivity contribution in [3.63, 3.8) is 0 Å². The number of para-hydroxylation sites is 1. The second-order valence-corrected chi connectivity index (χ2v) is 8.54. The number of aryl methyl sites for hydroxylation is 2. The first kappa shape index (κ1) is 23.5. The van der Waals surface area contributed by atoms with Crippen LogP contribution in [0.25, 0.3) is 11.2 Å². The van der Waals surface area contributed by atoms with E-state index in [2.05, 4.69) is 5.32 Å². The lowest BCUT2D eigenvalue weighted by atomic mass is 10.1. The summed E-state index contributed by atoms with van der Waals surface area (Å²) in [5, 5.41) is 3.23. The Morgan fingerprint density at radius 1 is 1.00 bits per heavy atom. The molecule has 0 saturated heterocycles. The molecule has 8 nitrogen and oxygen atoms in total. The van der Waals surface area contributed by atoms with Crippen molar-refractivity contribution in [1.82, 2.24) is 24.0 Å². The van der Waals surface area contributed by atoms with Crippen molar-refractivity contribution in [2.24, 2.45) is 0 Å². The fraction of sp³-hybridized carbons (Fsp3) is 0.346. The lowest BCUT2D eigenvalue weighted by Gasteiger charge is -2.17. The van der Waals surface area contributed by atoms with Crippen molar-refractivity contribution in [1.29, 1.82) is 0 Å². The summed E-state index contributed by atoms with van der Waals surface area (Å²) in [6, 6.07) is 17.7. The molecule has 0 aliphatic heterocycles. The highest BCUT2D eigenvalue weighted by Crippen LogP contribution is 2.20. The first-order valence-electron chi connectivity index (χ1n) is 11.7. The molecular formula is C26H32N6O2. The Hall–Kier alpha value is -3.65. The summed E-state index contributed by atoms with van der Waals surface area (Å²) >= 11 is 0. The van der Waals surface area contributed by atoms with Crippen LogP contribution in [0.4, 0.5) is 5.69 Å². The SMILES string of the molecule is CCCn1c(=O)c2c(nc(Cc3ccccc3)n2C(C)NC)n(CCc2ccccc2N)c1=O. The van der Waals surface area contributed by atoms with Gasteiger partial charge >= 0.3 is 5.69 Å². The Kier molecular flexibility index (Phi) is 6.98. The van der Waals surface area contributed by atoms with Gasteiger partial charge in [-0.05, 0) is 44.0 Å². The number of nitrogens with zero attached hydrogens (tertiary/aromatic N) is 4. The maximum Gasteiger partial charge on any atom is 0.332 e. The molecule has 2 aromatic heterocycles. The highest BCUT2D eigenvalue weighted by Gasteiger charge is 2.23. The first-order chi connectivity index (χ1) is 16.5. The maximum absolute atomic E-state index is 13.6. The molecule has 8 heteroatoms. The van der Waals surface area contributed by atoms with Crippen molar-refractivity contribution < 1.29 is 0 Å². The van der Waals surface area contributed by atoms with Crippen molar-refractivity contribution in [3.05, 3.63) is 92.4 Å². The number of imidazole rings is 1. The zero-order valence-corrected chi connectivity index (χ0v) is 20.0. The molecule has 0 aliphatic rings.